The average molecular weight is 563 g/mol. The second-order valence-corrected chi connectivity index (χ2v) is 17.7. The first-order chi connectivity index (χ1) is 17.8. The average Bonchev–Trinajstić information content (AvgIpc) is 3.34. The fourth-order valence-corrected chi connectivity index (χ4v) is 5.09. The molecule has 9 nitrogen and oxygen atoms in total. The first kappa shape index (κ1) is 31.0. The molecule has 2 heterocycles. The Morgan fingerprint density at radius 2 is 1.69 bits per heavy atom. The van der Waals surface area contributed by atoms with Gasteiger partial charge in [-0.1, -0.05) is 51.1 Å². The summed E-state index contributed by atoms with van der Waals surface area (Å²) in [4.78, 5) is 39.6. The van der Waals surface area contributed by atoms with E-state index in [2.05, 4.69) is 33.9 Å². The molecule has 0 aliphatic carbocycles. The number of benzene rings is 1. The van der Waals surface area contributed by atoms with Gasteiger partial charge in [0.05, 0.1) is 12.0 Å². The van der Waals surface area contributed by atoms with E-state index in [1.54, 1.807) is 34.6 Å². The maximum atomic E-state index is 13.6. The van der Waals surface area contributed by atoms with Crippen molar-refractivity contribution in [2.45, 2.75) is 104 Å². The van der Waals surface area contributed by atoms with Crippen LogP contribution in [-0.4, -0.2) is 56.9 Å². The van der Waals surface area contributed by atoms with Crippen molar-refractivity contribution in [2.24, 2.45) is 5.41 Å². The minimum Gasteiger partial charge on any atom is -0.457 e. The number of rotatable bonds is 8. The molecular weight excluding hydrogens is 520 g/mol. The van der Waals surface area contributed by atoms with E-state index in [4.69, 9.17) is 28.1 Å². The highest BCUT2D eigenvalue weighted by Gasteiger charge is 2.54. The number of esters is 3. The van der Waals surface area contributed by atoms with E-state index in [1.165, 1.54) is 0 Å². The molecule has 0 amide bonds. The molecule has 0 N–H and O–H groups in total. The van der Waals surface area contributed by atoms with Gasteiger partial charge >= 0.3 is 17.9 Å². The van der Waals surface area contributed by atoms with Gasteiger partial charge in [0.15, 0.2) is 20.2 Å². The number of carbonyl (C=O) groups excluding carboxylic acids is 3. The van der Waals surface area contributed by atoms with E-state index >= 15 is 0 Å². The highest BCUT2D eigenvalue weighted by molar-refractivity contribution is 6.74. The molecule has 39 heavy (non-hydrogen) atoms. The van der Waals surface area contributed by atoms with Crippen molar-refractivity contribution in [3.05, 3.63) is 47.2 Å². The quantitative estimate of drug-likeness (QED) is 0.245. The van der Waals surface area contributed by atoms with Crippen LogP contribution in [0.5, 0.6) is 0 Å². The number of ether oxygens (including phenoxy) is 5. The van der Waals surface area contributed by atoms with Crippen molar-refractivity contribution in [1.29, 1.82) is 0 Å². The lowest BCUT2D eigenvalue weighted by atomic mass is 9.97. The third-order valence-electron chi connectivity index (χ3n) is 7.12. The smallest absolute Gasteiger partial charge is 0.375 e. The molecule has 0 saturated carbocycles. The maximum Gasteiger partial charge on any atom is 0.375 e. The Balaban J connectivity index is 2.06. The molecular formula is C29H42O9Si. The van der Waals surface area contributed by atoms with Gasteiger partial charge in [0.1, 0.15) is 24.4 Å². The summed E-state index contributed by atoms with van der Waals surface area (Å²) in [6, 6.07) is 9.13. The molecule has 0 radical (unpaired) electrons. The standard InChI is InChI=1S/C29H42O9Si/c1-27(2,3)26(32)36-23-20(24(30)33-16-18-14-12-11-13-15-18)22(35-25(23)31)21(19-17-34-29(7,8)37-19)38-39(9,10)28(4,5)6/h11-15,19,21-22H,16-17H2,1-10H3/t19-,21-,22+/m1/s1. The largest absolute Gasteiger partial charge is 0.457 e. The molecule has 10 heteroatoms. The van der Waals surface area contributed by atoms with Gasteiger partial charge in [0.25, 0.3) is 0 Å². The Kier molecular flexibility index (Phi) is 8.86. The minimum absolute atomic E-state index is 0.0472. The minimum atomic E-state index is -2.50. The molecule has 1 saturated heterocycles. The molecule has 0 unspecified atom stereocenters. The molecule has 2 aliphatic heterocycles. The predicted molar refractivity (Wildman–Crippen MR) is 146 cm³/mol. The molecule has 3 rings (SSSR count). The van der Waals surface area contributed by atoms with Crippen LogP contribution in [0, 0.1) is 5.41 Å². The van der Waals surface area contributed by atoms with Crippen LogP contribution in [-0.2, 0) is 49.1 Å². The molecule has 216 valence electrons. The Labute approximate surface area is 232 Å². The van der Waals surface area contributed by atoms with E-state index in [0.717, 1.165) is 5.56 Å². The Morgan fingerprint density at radius 1 is 1.08 bits per heavy atom. The molecule has 1 aromatic carbocycles. The van der Waals surface area contributed by atoms with Gasteiger partial charge in [-0.3, -0.25) is 4.79 Å². The van der Waals surface area contributed by atoms with Gasteiger partial charge in [-0.25, -0.2) is 9.59 Å². The van der Waals surface area contributed by atoms with Crippen molar-refractivity contribution in [1.82, 2.24) is 0 Å². The van der Waals surface area contributed by atoms with Gasteiger partial charge in [-0.15, -0.1) is 0 Å². The van der Waals surface area contributed by atoms with Crippen LogP contribution in [0.15, 0.2) is 41.7 Å². The van der Waals surface area contributed by atoms with Gasteiger partial charge in [0.2, 0.25) is 5.76 Å². The van der Waals surface area contributed by atoms with Crippen molar-refractivity contribution < 1.29 is 42.5 Å². The summed E-state index contributed by atoms with van der Waals surface area (Å²) >= 11 is 0. The Hall–Kier alpha value is -2.53. The van der Waals surface area contributed by atoms with E-state index < -0.39 is 61.5 Å². The summed E-state index contributed by atoms with van der Waals surface area (Å²) < 4.78 is 35.6. The highest BCUT2D eigenvalue weighted by atomic mass is 28.4. The molecule has 1 fully saturated rings. The summed E-state index contributed by atoms with van der Waals surface area (Å²) in [6.45, 7) is 18.9. The molecule has 3 atom stereocenters. The van der Waals surface area contributed by atoms with Crippen LogP contribution in [0.25, 0.3) is 0 Å². The predicted octanol–water partition coefficient (Wildman–Crippen LogP) is 5.04. The van der Waals surface area contributed by atoms with Gasteiger partial charge in [0, 0.05) is 0 Å². The SMILES string of the molecule is CC1(C)OC[C@H]([C@@H](O[Si](C)(C)C(C)(C)C)[C@H]2OC(=O)C(OC(=O)C(C)(C)C)=C2C(=O)OCc2ccccc2)O1. The second kappa shape index (κ2) is 11.2. The van der Waals surface area contributed by atoms with Gasteiger partial charge in [-0.05, 0) is 58.3 Å². The summed E-state index contributed by atoms with van der Waals surface area (Å²) in [7, 11) is -2.50. The van der Waals surface area contributed by atoms with Crippen molar-refractivity contribution >= 4 is 26.2 Å². The zero-order chi connectivity index (χ0) is 29.4. The summed E-state index contributed by atoms with van der Waals surface area (Å²) in [5.74, 6) is -3.85. The van der Waals surface area contributed by atoms with Crippen LogP contribution in [0.4, 0.5) is 0 Å². The lowest BCUT2D eigenvalue weighted by molar-refractivity contribution is -0.166. The summed E-state index contributed by atoms with van der Waals surface area (Å²) in [5, 5.41) is -0.206. The number of hydrogen-bond donors (Lipinski definition) is 0. The fourth-order valence-electron chi connectivity index (χ4n) is 3.78. The maximum absolute atomic E-state index is 13.6. The zero-order valence-corrected chi connectivity index (χ0v) is 25.7. The van der Waals surface area contributed by atoms with Crippen molar-refractivity contribution in [3.8, 4) is 0 Å². The monoisotopic (exact) mass is 562 g/mol. The molecule has 1 aromatic rings. The molecule has 0 aromatic heterocycles. The fraction of sp³-hybridized carbons (Fsp3) is 0.621. The Bertz CT molecular complexity index is 1110. The molecule has 0 spiro atoms. The third kappa shape index (κ3) is 7.36. The Morgan fingerprint density at radius 3 is 2.21 bits per heavy atom. The number of carbonyl (C=O) groups is 3. The van der Waals surface area contributed by atoms with Crippen LogP contribution >= 0.6 is 0 Å². The van der Waals surface area contributed by atoms with E-state index in [0.29, 0.717) is 0 Å². The van der Waals surface area contributed by atoms with Crippen LogP contribution in [0.1, 0.15) is 61.0 Å². The van der Waals surface area contributed by atoms with E-state index in [1.807, 2.05) is 30.3 Å². The summed E-state index contributed by atoms with van der Waals surface area (Å²) in [5.41, 5.74) is -0.385. The normalized spacial score (nSPS) is 22.5. The second-order valence-electron chi connectivity index (χ2n) is 13.0. The molecule has 0 bridgehead atoms. The molecule has 2 aliphatic rings. The summed E-state index contributed by atoms with van der Waals surface area (Å²) in [6.07, 6.45) is -2.82. The zero-order valence-electron chi connectivity index (χ0n) is 24.7. The first-order valence-corrected chi connectivity index (χ1v) is 16.1. The van der Waals surface area contributed by atoms with Crippen LogP contribution < -0.4 is 0 Å². The van der Waals surface area contributed by atoms with Crippen LogP contribution in [0.3, 0.4) is 0 Å². The lowest BCUT2D eigenvalue weighted by Crippen LogP contribution is -2.53. The van der Waals surface area contributed by atoms with Crippen molar-refractivity contribution in [2.75, 3.05) is 6.61 Å². The topological polar surface area (TPSA) is 107 Å². The number of cyclic esters (lactones) is 1. The first-order valence-electron chi connectivity index (χ1n) is 13.2. The van der Waals surface area contributed by atoms with E-state index in [-0.39, 0.29) is 23.8 Å². The van der Waals surface area contributed by atoms with Crippen LogP contribution in [0.2, 0.25) is 18.1 Å². The van der Waals surface area contributed by atoms with Gasteiger partial charge < -0.3 is 28.1 Å². The van der Waals surface area contributed by atoms with Gasteiger partial charge in [-0.2, -0.15) is 0 Å². The lowest BCUT2D eigenvalue weighted by Gasteiger charge is -2.41. The number of hydrogen-bond acceptors (Lipinski definition) is 9. The van der Waals surface area contributed by atoms with E-state index in [9.17, 15) is 14.4 Å². The third-order valence-corrected chi connectivity index (χ3v) is 11.6. The highest BCUT2D eigenvalue weighted by Crippen LogP contribution is 2.42. The van der Waals surface area contributed by atoms with Crippen molar-refractivity contribution in [3.63, 3.8) is 0 Å².